The minimum atomic E-state index is -4.36. The highest BCUT2D eigenvalue weighted by molar-refractivity contribution is 5.20. The van der Waals surface area contributed by atoms with Gasteiger partial charge in [0, 0.05) is 24.8 Å². The number of alkyl halides is 3. The number of halogens is 3. The molecule has 16 heavy (non-hydrogen) atoms. The SMILES string of the molecule is CNCc1cn(CC2CC2)nc1C(F)(F)F. The van der Waals surface area contributed by atoms with E-state index in [0.717, 1.165) is 12.8 Å². The minimum Gasteiger partial charge on any atom is -0.316 e. The van der Waals surface area contributed by atoms with Gasteiger partial charge in [-0.3, -0.25) is 4.68 Å². The van der Waals surface area contributed by atoms with Gasteiger partial charge in [0.2, 0.25) is 0 Å². The van der Waals surface area contributed by atoms with E-state index in [2.05, 4.69) is 10.4 Å². The maximum absolute atomic E-state index is 12.6. The van der Waals surface area contributed by atoms with Gasteiger partial charge in [0.05, 0.1) is 0 Å². The van der Waals surface area contributed by atoms with Crippen LogP contribution in [0.3, 0.4) is 0 Å². The van der Waals surface area contributed by atoms with E-state index in [1.165, 1.54) is 10.9 Å². The van der Waals surface area contributed by atoms with E-state index in [9.17, 15) is 13.2 Å². The largest absolute Gasteiger partial charge is 0.435 e. The van der Waals surface area contributed by atoms with Gasteiger partial charge in [0.15, 0.2) is 5.69 Å². The molecule has 1 aliphatic carbocycles. The molecule has 3 nitrogen and oxygen atoms in total. The fourth-order valence-corrected chi connectivity index (χ4v) is 1.68. The molecule has 1 aromatic heterocycles. The van der Waals surface area contributed by atoms with Gasteiger partial charge >= 0.3 is 6.18 Å². The lowest BCUT2D eigenvalue weighted by Crippen LogP contribution is -2.13. The monoisotopic (exact) mass is 233 g/mol. The van der Waals surface area contributed by atoms with E-state index in [1.54, 1.807) is 7.05 Å². The van der Waals surface area contributed by atoms with Crippen molar-refractivity contribution in [2.45, 2.75) is 32.1 Å². The lowest BCUT2D eigenvalue weighted by molar-refractivity contribution is -0.142. The third kappa shape index (κ3) is 2.55. The van der Waals surface area contributed by atoms with Crippen LogP contribution in [0.4, 0.5) is 13.2 Å². The third-order valence-corrected chi connectivity index (χ3v) is 2.62. The number of rotatable bonds is 4. The standard InChI is InChI=1S/C10H14F3N3/c1-14-4-8-6-16(5-7-2-3-7)15-9(8)10(11,12)13/h6-7,14H,2-5H2,1H3. The Hall–Kier alpha value is -1.04. The van der Waals surface area contributed by atoms with E-state index in [1.807, 2.05) is 0 Å². The topological polar surface area (TPSA) is 29.9 Å². The van der Waals surface area contributed by atoms with Crippen LogP contribution in [-0.4, -0.2) is 16.8 Å². The van der Waals surface area contributed by atoms with Crippen molar-refractivity contribution in [3.8, 4) is 0 Å². The second kappa shape index (κ2) is 4.08. The molecule has 0 aromatic carbocycles. The molecule has 2 rings (SSSR count). The first-order valence-electron chi connectivity index (χ1n) is 5.29. The lowest BCUT2D eigenvalue weighted by atomic mass is 10.2. The molecule has 0 aliphatic heterocycles. The lowest BCUT2D eigenvalue weighted by Gasteiger charge is -2.04. The molecule has 1 aromatic rings. The maximum atomic E-state index is 12.6. The molecule has 0 radical (unpaired) electrons. The summed E-state index contributed by atoms with van der Waals surface area (Å²) in [5, 5.41) is 6.36. The Morgan fingerprint density at radius 3 is 2.69 bits per heavy atom. The summed E-state index contributed by atoms with van der Waals surface area (Å²) in [5.41, 5.74) is -0.543. The zero-order valence-electron chi connectivity index (χ0n) is 9.01. The van der Waals surface area contributed by atoms with Gasteiger partial charge < -0.3 is 5.32 Å². The van der Waals surface area contributed by atoms with Gasteiger partial charge in [0.25, 0.3) is 0 Å². The van der Waals surface area contributed by atoms with Gasteiger partial charge in [-0.1, -0.05) is 0 Å². The second-order valence-corrected chi connectivity index (χ2v) is 4.20. The van der Waals surface area contributed by atoms with E-state index in [0.29, 0.717) is 12.5 Å². The number of hydrogen-bond acceptors (Lipinski definition) is 2. The summed E-state index contributed by atoms with van der Waals surface area (Å²) >= 11 is 0. The first kappa shape index (κ1) is 11.4. The fourth-order valence-electron chi connectivity index (χ4n) is 1.68. The predicted molar refractivity (Wildman–Crippen MR) is 52.7 cm³/mol. The van der Waals surface area contributed by atoms with Gasteiger partial charge in [-0.05, 0) is 25.8 Å². The molecule has 1 aliphatic rings. The van der Waals surface area contributed by atoms with Crippen LogP contribution in [0, 0.1) is 5.92 Å². The van der Waals surface area contributed by atoms with Crippen molar-refractivity contribution in [2.75, 3.05) is 7.05 Å². The van der Waals surface area contributed by atoms with Crippen molar-refractivity contribution in [3.05, 3.63) is 17.5 Å². The van der Waals surface area contributed by atoms with Crippen LogP contribution in [0.15, 0.2) is 6.20 Å². The molecular formula is C10H14F3N3. The molecule has 0 spiro atoms. The summed E-state index contributed by atoms with van der Waals surface area (Å²) in [5.74, 6) is 0.517. The highest BCUT2D eigenvalue weighted by atomic mass is 19.4. The van der Waals surface area contributed by atoms with Crippen molar-refractivity contribution >= 4 is 0 Å². The van der Waals surface area contributed by atoms with Gasteiger partial charge in [0.1, 0.15) is 0 Å². The van der Waals surface area contributed by atoms with Gasteiger partial charge in [-0.25, -0.2) is 0 Å². The molecule has 0 unspecified atom stereocenters. The normalized spacial score (nSPS) is 16.8. The minimum absolute atomic E-state index is 0.194. The average molecular weight is 233 g/mol. The summed E-state index contributed by atoms with van der Waals surface area (Å²) in [4.78, 5) is 0. The fraction of sp³-hybridized carbons (Fsp3) is 0.700. The zero-order valence-corrected chi connectivity index (χ0v) is 9.01. The molecule has 90 valence electrons. The molecule has 0 saturated heterocycles. The second-order valence-electron chi connectivity index (χ2n) is 4.20. The third-order valence-electron chi connectivity index (χ3n) is 2.62. The van der Waals surface area contributed by atoms with Crippen LogP contribution in [0.1, 0.15) is 24.1 Å². The van der Waals surface area contributed by atoms with Crippen LogP contribution >= 0.6 is 0 Å². The maximum Gasteiger partial charge on any atom is 0.435 e. The summed E-state index contributed by atoms with van der Waals surface area (Å²) in [7, 11) is 1.62. The van der Waals surface area contributed by atoms with Crippen LogP contribution in [0.2, 0.25) is 0 Å². The number of nitrogens with one attached hydrogen (secondary N) is 1. The molecule has 1 saturated carbocycles. The highest BCUT2D eigenvalue weighted by Crippen LogP contribution is 2.33. The van der Waals surface area contributed by atoms with Crippen LogP contribution in [0.25, 0.3) is 0 Å². The zero-order chi connectivity index (χ0) is 11.8. The quantitative estimate of drug-likeness (QED) is 0.862. The van der Waals surface area contributed by atoms with Gasteiger partial charge in [-0.15, -0.1) is 0 Å². The Morgan fingerprint density at radius 1 is 1.50 bits per heavy atom. The van der Waals surface area contributed by atoms with Crippen molar-refractivity contribution in [1.29, 1.82) is 0 Å². The average Bonchev–Trinajstić information content (AvgIpc) is 2.86. The van der Waals surface area contributed by atoms with Crippen molar-refractivity contribution in [1.82, 2.24) is 15.1 Å². The van der Waals surface area contributed by atoms with Crippen LogP contribution in [0.5, 0.6) is 0 Å². The molecule has 1 heterocycles. The van der Waals surface area contributed by atoms with E-state index >= 15 is 0 Å². The van der Waals surface area contributed by atoms with Crippen LogP contribution in [-0.2, 0) is 19.3 Å². The Bertz CT molecular complexity index is 366. The Kier molecular flexibility index (Phi) is 2.92. The Morgan fingerprint density at radius 2 is 2.19 bits per heavy atom. The predicted octanol–water partition coefficient (Wildman–Crippen LogP) is 2.03. The molecule has 1 N–H and O–H groups in total. The Labute approximate surface area is 91.6 Å². The number of hydrogen-bond donors (Lipinski definition) is 1. The first-order valence-corrected chi connectivity index (χ1v) is 5.29. The first-order chi connectivity index (χ1) is 7.50. The van der Waals surface area contributed by atoms with Crippen molar-refractivity contribution < 1.29 is 13.2 Å². The van der Waals surface area contributed by atoms with Crippen molar-refractivity contribution in [2.24, 2.45) is 5.92 Å². The van der Waals surface area contributed by atoms with E-state index < -0.39 is 11.9 Å². The summed E-state index contributed by atoms with van der Waals surface area (Å²) in [6, 6.07) is 0. The summed E-state index contributed by atoms with van der Waals surface area (Å²) in [6.07, 6.45) is -0.663. The van der Waals surface area contributed by atoms with Gasteiger partial charge in [-0.2, -0.15) is 18.3 Å². The molecule has 0 amide bonds. The van der Waals surface area contributed by atoms with E-state index in [-0.39, 0.29) is 12.1 Å². The Balaban J connectivity index is 2.21. The highest BCUT2D eigenvalue weighted by Gasteiger charge is 2.37. The number of nitrogens with zero attached hydrogens (tertiary/aromatic N) is 2. The molecular weight excluding hydrogens is 219 g/mol. The summed E-state index contributed by atoms with van der Waals surface area (Å²) in [6.45, 7) is 0.798. The number of aromatic nitrogens is 2. The molecule has 0 bridgehead atoms. The molecule has 0 atom stereocenters. The van der Waals surface area contributed by atoms with Crippen LogP contribution < -0.4 is 5.32 Å². The smallest absolute Gasteiger partial charge is 0.316 e. The van der Waals surface area contributed by atoms with E-state index in [4.69, 9.17) is 0 Å². The summed E-state index contributed by atoms with van der Waals surface area (Å²) < 4.78 is 39.3. The molecule has 6 heteroatoms. The van der Waals surface area contributed by atoms with Crippen molar-refractivity contribution in [3.63, 3.8) is 0 Å². The molecule has 1 fully saturated rings.